The summed E-state index contributed by atoms with van der Waals surface area (Å²) in [4.78, 5) is 26.4. The molecule has 2 heterocycles. The molecule has 6 heteroatoms. The fraction of sp³-hybridized carbons (Fsp3) is 0.417. The number of ether oxygens (including phenoxy) is 1. The third kappa shape index (κ3) is 2.27. The molecule has 1 aromatic rings. The van der Waals surface area contributed by atoms with Crippen LogP contribution in [0.4, 0.5) is 0 Å². The van der Waals surface area contributed by atoms with Crippen LogP contribution in [0.15, 0.2) is 18.3 Å². The summed E-state index contributed by atoms with van der Waals surface area (Å²) >= 11 is 0. The zero-order valence-electron chi connectivity index (χ0n) is 9.97. The average Bonchev–Trinajstić information content (AvgIpc) is 2.71. The molecule has 1 aromatic heterocycles. The molecule has 96 valence electrons. The van der Waals surface area contributed by atoms with Gasteiger partial charge in [0, 0.05) is 30.6 Å². The first-order valence-electron chi connectivity index (χ1n) is 5.55. The van der Waals surface area contributed by atoms with Crippen LogP contribution in [0.25, 0.3) is 0 Å². The number of aromatic nitrogens is 1. The zero-order chi connectivity index (χ0) is 13.2. The largest absolute Gasteiger partial charge is 0.481 e. The van der Waals surface area contributed by atoms with Crippen molar-refractivity contribution in [1.29, 1.82) is 0 Å². The number of carboxylic acid groups (broad SMARTS) is 1. The van der Waals surface area contributed by atoms with Gasteiger partial charge in [0.15, 0.2) is 0 Å². The van der Waals surface area contributed by atoms with Gasteiger partial charge in [-0.1, -0.05) is 6.07 Å². The van der Waals surface area contributed by atoms with E-state index in [2.05, 4.69) is 10.3 Å². The first-order valence-corrected chi connectivity index (χ1v) is 5.55. The quantitative estimate of drug-likeness (QED) is 0.803. The minimum atomic E-state index is -0.928. The fourth-order valence-electron chi connectivity index (χ4n) is 2.24. The highest BCUT2D eigenvalue weighted by Gasteiger charge is 2.42. The number of methoxy groups -OCH3 is 1. The Morgan fingerprint density at radius 2 is 2.39 bits per heavy atom. The summed E-state index contributed by atoms with van der Waals surface area (Å²) in [5.41, 5.74) is 0.0337. The Kier molecular flexibility index (Phi) is 3.18. The lowest BCUT2D eigenvalue weighted by molar-refractivity contribution is -0.138. The van der Waals surface area contributed by atoms with Crippen LogP contribution in [0.3, 0.4) is 0 Å². The molecular formula is C12H14N2O4. The second-order valence-electron chi connectivity index (χ2n) is 4.39. The van der Waals surface area contributed by atoms with Crippen molar-refractivity contribution in [3.63, 3.8) is 0 Å². The molecule has 18 heavy (non-hydrogen) atoms. The van der Waals surface area contributed by atoms with Crippen LogP contribution in [0.5, 0.6) is 5.88 Å². The Hall–Kier alpha value is -2.11. The Labute approximate surface area is 104 Å². The van der Waals surface area contributed by atoms with Crippen molar-refractivity contribution >= 4 is 11.9 Å². The van der Waals surface area contributed by atoms with Crippen LogP contribution >= 0.6 is 0 Å². The van der Waals surface area contributed by atoms with Gasteiger partial charge in [-0.25, -0.2) is 4.98 Å². The molecule has 1 unspecified atom stereocenters. The van der Waals surface area contributed by atoms with Gasteiger partial charge >= 0.3 is 5.97 Å². The van der Waals surface area contributed by atoms with E-state index in [0.717, 1.165) is 5.56 Å². The maximum Gasteiger partial charge on any atom is 0.304 e. The second-order valence-corrected chi connectivity index (χ2v) is 4.39. The SMILES string of the molecule is COc1ccc(C2(CC(=O)O)CNC(=O)C2)cn1. The molecule has 0 spiro atoms. The number of hydrogen-bond acceptors (Lipinski definition) is 4. The van der Waals surface area contributed by atoms with E-state index in [-0.39, 0.29) is 18.7 Å². The molecule has 1 aliphatic rings. The summed E-state index contributed by atoms with van der Waals surface area (Å²) in [5, 5.41) is 11.7. The van der Waals surface area contributed by atoms with Gasteiger partial charge in [0.1, 0.15) is 0 Å². The number of nitrogens with zero attached hydrogens (tertiary/aromatic N) is 1. The van der Waals surface area contributed by atoms with Gasteiger partial charge in [0.25, 0.3) is 0 Å². The monoisotopic (exact) mass is 250 g/mol. The summed E-state index contributed by atoms with van der Waals surface area (Å²) in [6, 6.07) is 3.43. The van der Waals surface area contributed by atoms with Crippen molar-refractivity contribution in [2.24, 2.45) is 0 Å². The molecule has 1 amide bonds. The highest BCUT2D eigenvalue weighted by molar-refractivity contribution is 5.82. The van der Waals surface area contributed by atoms with E-state index < -0.39 is 11.4 Å². The summed E-state index contributed by atoms with van der Waals surface area (Å²) in [7, 11) is 1.51. The molecule has 1 atom stereocenters. The lowest BCUT2D eigenvalue weighted by atomic mass is 9.77. The average molecular weight is 250 g/mol. The molecule has 1 saturated heterocycles. The van der Waals surface area contributed by atoms with Crippen LogP contribution in [0.1, 0.15) is 18.4 Å². The van der Waals surface area contributed by atoms with Crippen molar-refractivity contribution in [3.8, 4) is 5.88 Å². The molecular weight excluding hydrogens is 236 g/mol. The standard InChI is InChI=1S/C12H14N2O4/c1-18-10-3-2-8(6-13-10)12(5-11(16)17)4-9(15)14-7-12/h2-3,6H,4-5,7H2,1H3,(H,14,15)(H,16,17). The van der Waals surface area contributed by atoms with Gasteiger partial charge in [-0.15, -0.1) is 0 Å². The zero-order valence-corrected chi connectivity index (χ0v) is 9.97. The fourth-order valence-corrected chi connectivity index (χ4v) is 2.24. The third-order valence-corrected chi connectivity index (χ3v) is 3.17. The number of hydrogen-bond donors (Lipinski definition) is 2. The first kappa shape index (κ1) is 12.3. The number of carbonyl (C=O) groups excluding carboxylic acids is 1. The summed E-state index contributed by atoms with van der Waals surface area (Å²) in [6.45, 7) is 0.326. The molecule has 0 aromatic carbocycles. The molecule has 0 radical (unpaired) electrons. The normalized spacial score (nSPS) is 22.6. The number of rotatable bonds is 4. The number of carbonyl (C=O) groups is 2. The van der Waals surface area contributed by atoms with Gasteiger partial charge in [0.2, 0.25) is 11.8 Å². The lowest BCUT2D eigenvalue weighted by Crippen LogP contribution is -2.32. The van der Waals surface area contributed by atoms with E-state index in [1.807, 2.05) is 0 Å². The van der Waals surface area contributed by atoms with Crippen LogP contribution < -0.4 is 10.1 Å². The van der Waals surface area contributed by atoms with E-state index in [9.17, 15) is 9.59 Å². The third-order valence-electron chi connectivity index (χ3n) is 3.17. The summed E-state index contributed by atoms with van der Waals surface area (Å²) < 4.78 is 4.96. The van der Waals surface area contributed by atoms with Crippen molar-refractivity contribution in [2.45, 2.75) is 18.3 Å². The predicted molar refractivity (Wildman–Crippen MR) is 62.3 cm³/mol. The molecule has 0 saturated carbocycles. The maximum absolute atomic E-state index is 11.4. The highest BCUT2D eigenvalue weighted by Crippen LogP contribution is 2.34. The number of amides is 1. The van der Waals surface area contributed by atoms with Gasteiger partial charge < -0.3 is 15.2 Å². The van der Waals surface area contributed by atoms with Crippen molar-refractivity contribution in [3.05, 3.63) is 23.9 Å². The number of nitrogens with one attached hydrogen (secondary N) is 1. The van der Waals surface area contributed by atoms with Crippen molar-refractivity contribution in [1.82, 2.24) is 10.3 Å². The Balaban J connectivity index is 2.33. The van der Waals surface area contributed by atoms with Crippen LogP contribution in [-0.4, -0.2) is 35.6 Å². The molecule has 0 bridgehead atoms. The maximum atomic E-state index is 11.4. The van der Waals surface area contributed by atoms with E-state index in [0.29, 0.717) is 12.4 Å². The highest BCUT2D eigenvalue weighted by atomic mass is 16.5. The topological polar surface area (TPSA) is 88.5 Å². The predicted octanol–water partition coefficient (Wildman–Crippen LogP) is 0.323. The van der Waals surface area contributed by atoms with Crippen molar-refractivity contribution < 1.29 is 19.4 Å². The van der Waals surface area contributed by atoms with Gasteiger partial charge in [0.05, 0.1) is 13.5 Å². The summed E-state index contributed by atoms with van der Waals surface area (Å²) in [6.07, 6.45) is 1.65. The second kappa shape index (κ2) is 4.64. The Morgan fingerprint density at radius 1 is 1.61 bits per heavy atom. The number of pyridine rings is 1. The van der Waals surface area contributed by atoms with E-state index in [4.69, 9.17) is 9.84 Å². The van der Waals surface area contributed by atoms with Crippen LogP contribution in [-0.2, 0) is 15.0 Å². The molecule has 6 nitrogen and oxygen atoms in total. The Bertz CT molecular complexity index is 471. The lowest BCUT2D eigenvalue weighted by Gasteiger charge is -2.25. The molecule has 0 aliphatic carbocycles. The van der Waals surface area contributed by atoms with Crippen molar-refractivity contribution in [2.75, 3.05) is 13.7 Å². The number of carboxylic acids is 1. The summed E-state index contributed by atoms with van der Waals surface area (Å²) in [5.74, 6) is -0.601. The van der Waals surface area contributed by atoms with Crippen LogP contribution in [0.2, 0.25) is 0 Å². The van der Waals surface area contributed by atoms with Gasteiger partial charge in [-0.2, -0.15) is 0 Å². The Morgan fingerprint density at radius 3 is 2.83 bits per heavy atom. The molecule has 2 N–H and O–H groups in total. The minimum Gasteiger partial charge on any atom is -0.481 e. The van der Waals surface area contributed by atoms with E-state index >= 15 is 0 Å². The first-order chi connectivity index (χ1) is 8.55. The molecule has 1 fully saturated rings. The van der Waals surface area contributed by atoms with Crippen LogP contribution in [0, 0.1) is 0 Å². The smallest absolute Gasteiger partial charge is 0.304 e. The molecule has 1 aliphatic heterocycles. The van der Waals surface area contributed by atoms with E-state index in [1.54, 1.807) is 18.3 Å². The van der Waals surface area contributed by atoms with E-state index in [1.165, 1.54) is 7.11 Å². The molecule has 2 rings (SSSR count). The van der Waals surface area contributed by atoms with Gasteiger partial charge in [-0.05, 0) is 5.56 Å². The minimum absolute atomic E-state index is 0.0975. The number of aliphatic carboxylic acids is 1. The van der Waals surface area contributed by atoms with Gasteiger partial charge in [-0.3, -0.25) is 9.59 Å².